The van der Waals surface area contributed by atoms with Crippen molar-refractivity contribution >= 4 is 29.2 Å². The van der Waals surface area contributed by atoms with Crippen LogP contribution in [0.15, 0.2) is 36.4 Å². The van der Waals surface area contributed by atoms with Crippen LogP contribution in [-0.4, -0.2) is 30.1 Å². The number of piperidine rings is 1. The highest BCUT2D eigenvalue weighted by molar-refractivity contribution is 6.35. The fourth-order valence-electron chi connectivity index (χ4n) is 3.21. The number of likely N-dealkylation sites (tertiary alicyclic amines) is 1. The van der Waals surface area contributed by atoms with Gasteiger partial charge in [-0.3, -0.25) is 4.90 Å². The van der Waals surface area contributed by atoms with Crippen molar-refractivity contribution < 1.29 is 13.6 Å². The van der Waals surface area contributed by atoms with Crippen LogP contribution in [0.4, 0.5) is 13.6 Å². The summed E-state index contributed by atoms with van der Waals surface area (Å²) < 4.78 is 26.3. The minimum atomic E-state index is -0.836. The minimum Gasteiger partial charge on any atom is -0.335 e. The highest BCUT2D eigenvalue weighted by Gasteiger charge is 2.21. The number of rotatable bonds is 5. The van der Waals surface area contributed by atoms with Crippen molar-refractivity contribution in [1.82, 2.24) is 15.5 Å². The predicted octanol–water partition coefficient (Wildman–Crippen LogP) is 4.74. The normalized spacial score (nSPS) is 15.4. The van der Waals surface area contributed by atoms with Gasteiger partial charge in [0.05, 0.1) is 0 Å². The van der Waals surface area contributed by atoms with Gasteiger partial charge in [0.25, 0.3) is 0 Å². The van der Waals surface area contributed by atoms with Gasteiger partial charge in [0.2, 0.25) is 0 Å². The molecule has 1 saturated heterocycles. The van der Waals surface area contributed by atoms with Crippen LogP contribution in [0.25, 0.3) is 0 Å². The van der Waals surface area contributed by atoms with Crippen LogP contribution in [0.2, 0.25) is 10.0 Å². The zero-order valence-electron chi connectivity index (χ0n) is 15.2. The Kier molecular flexibility index (Phi) is 7.10. The molecule has 28 heavy (non-hydrogen) atoms. The molecule has 0 radical (unpaired) electrons. The number of hydrogen-bond donors (Lipinski definition) is 2. The first-order valence-corrected chi connectivity index (χ1v) is 9.81. The second-order valence-corrected chi connectivity index (χ2v) is 7.71. The van der Waals surface area contributed by atoms with Crippen molar-refractivity contribution in [2.45, 2.75) is 32.0 Å². The Morgan fingerprint density at radius 2 is 1.82 bits per heavy atom. The molecule has 3 rings (SSSR count). The second kappa shape index (κ2) is 9.54. The molecule has 1 aliphatic heterocycles. The quantitative estimate of drug-likeness (QED) is 0.723. The van der Waals surface area contributed by atoms with Crippen LogP contribution in [0.5, 0.6) is 0 Å². The summed E-state index contributed by atoms with van der Waals surface area (Å²) in [6, 6.07) is 8.95. The molecule has 1 fully saturated rings. The number of urea groups is 1. The smallest absolute Gasteiger partial charge is 0.315 e. The molecule has 0 atom stereocenters. The maximum absolute atomic E-state index is 13.3. The average molecular weight is 428 g/mol. The molecule has 2 aromatic rings. The van der Waals surface area contributed by atoms with Gasteiger partial charge in [-0.1, -0.05) is 35.3 Å². The maximum atomic E-state index is 13.3. The Balaban J connectivity index is 1.41. The Labute approximate surface area is 172 Å². The third-order valence-electron chi connectivity index (χ3n) is 4.77. The van der Waals surface area contributed by atoms with Crippen LogP contribution in [-0.2, 0) is 13.1 Å². The van der Waals surface area contributed by atoms with Gasteiger partial charge < -0.3 is 10.6 Å². The Bertz CT molecular complexity index is 842. The molecule has 1 heterocycles. The fourth-order valence-corrected chi connectivity index (χ4v) is 3.68. The summed E-state index contributed by atoms with van der Waals surface area (Å²) in [5.41, 5.74) is 1.53. The topological polar surface area (TPSA) is 44.4 Å². The van der Waals surface area contributed by atoms with Crippen molar-refractivity contribution in [1.29, 1.82) is 0 Å². The summed E-state index contributed by atoms with van der Waals surface area (Å²) in [5.74, 6) is -1.66. The number of amides is 2. The number of halogens is 4. The van der Waals surface area contributed by atoms with Gasteiger partial charge >= 0.3 is 6.03 Å². The van der Waals surface area contributed by atoms with Crippen LogP contribution < -0.4 is 10.6 Å². The number of carbonyl (C=O) groups is 1. The lowest BCUT2D eigenvalue weighted by atomic mass is 10.0. The van der Waals surface area contributed by atoms with E-state index in [0.29, 0.717) is 23.1 Å². The fraction of sp³-hybridized carbons (Fsp3) is 0.350. The maximum Gasteiger partial charge on any atom is 0.315 e. The summed E-state index contributed by atoms with van der Waals surface area (Å²) in [6.07, 6.45) is 1.58. The standard InChI is InChI=1S/C20H21Cl2F2N3O/c21-15-3-2-14(17(22)10-15)11-25-20(28)26-16-5-7-27(8-6-16)12-13-1-4-18(23)19(24)9-13/h1-4,9-10,16H,5-8,11-12H2,(H2,25,26,28). The Hall–Kier alpha value is -1.89. The van der Waals surface area contributed by atoms with E-state index in [9.17, 15) is 13.6 Å². The summed E-state index contributed by atoms with van der Waals surface area (Å²) in [5, 5.41) is 6.83. The van der Waals surface area contributed by atoms with Crippen LogP contribution in [0, 0.1) is 11.6 Å². The van der Waals surface area contributed by atoms with Crippen molar-refractivity contribution in [3.8, 4) is 0 Å². The van der Waals surface area contributed by atoms with E-state index in [-0.39, 0.29) is 12.1 Å². The molecule has 0 unspecified atom stereocenters. The van der Waals surface area contributed by atoms with E-state index in [4.69, 9.17) is 23.2 Å². The molecule has 150 valence electrons. The van der Waals surface area contributed by atoms with Crippen LogP contribution in [0.1, 0.15) is 24.0 Å². The van der Waals surface area contributed by atoms with Gasteiger partial charge in [0.1, 0.15) is 0 Å². The Morgan fingerprint density at radius 3 is 2.50 bits per heavy atom. The molecule has 0 aromatic heterocycles. The van der Waals surface area contributed by atoms with Crippen molar-refractivity contribution in [2.24, 2.45) is 0 Å². The SMILES string of the molecule is O=C(NCc1ccc(Cl)cc1Cl)NC1CCN(Cc2ccc(F)c(F)c2)CC1. The molecule has 2 aromatic carbocycles. The first kappa shape index (κ1) is 20.8. The lowest BCUT2D eigenvalue weighted by Crippen LogP contribution is -2.47. The highest BCUT2D eigenvalue weighted by atomic mass is 35.5. The molecule has 2 N–H and O–H groups in total. The molecule has 0 saturated carbocycles. The largest absolute Gasteiger partial charge is 0.335 e. The van der Waals surface area contributed by atoms with Crippen molar-refractivity contribution in [2.75, 3.05) is 13.1 Å². The second-order valence-electron chi connectivity index (χ2n) is 6.86. The van der Waals surface area contributed by atoms with Crippen molar-refractivity contribution in [3.63, 3.8) is 0 Å². The number of hydrogen-bond acceptors (Lipinski definition) is 2. The molecule has 0 spiro atoms. The van der Waals surface area contributed by atoms with E-state index in [2.05, 4.69) is 15.5 Å². The van der Waals surface area contributed by atoms with Gasteiger partial charge in [-0.25, -0.2) is 13.6 Å². The van der Waals surface area contributed by atoms with E-state index in [1.54, 1.807) is 24.3 Å². The average Bonchev–Trinajstić information content (AvgIpc) is 2.66. The zero-order chi connectivity index (χ0) is 20.1. The number of nitrogens with zero attached hydrogens (tertiary/aromatic N) is 1. The zero-order valence-corrected chi connectivity index (χ0v) is 16.7. The van der Waals surface area contributed by atoms with Crippen molar-refractivity contribution in [3.05, 3.63) is 69.2 Å². The molecule has 4 nitrogen and oxygen atoms in total. The first-order chi connectivity index (χ1) is 13.4. The van der Waals surface area contributed by atoms with E-state index in [1.807, 2.05) is 0 Å². The van der Waals surface area contributed by atoms with Gasteiger partial charge in [0.15, 0.2) is 11.6 Å². The minimum absolute atomic E-state index is 0.0712. The lowest BCUT2D eigenvalue weighted by molar-refractivity contribution is 0.186. The monoisotopic (exact) mass is 427 g/mol. The highest BCUT2D eigenvalue weighted by Crippen LogP contribution is 2.21. The van der Waals surface area contributed by atoms with Gasteiger partial charge in [-0.05, 0) is 48.2 Å². The van der Waals surface area contributed by atoms with E-state index >= 15 is 0 Å². The molecular formula is C20H21Cl2F2N3O. The first-order valence-electron chi connectivity index (χ1n) is 9.05. The van der Waals surface area contributed by atoms with Gasteiger partial charge in [0, 0.05) is 42.3 Å². The van der Waals surface area contributed by atoms with Crippen LogP contribution >= 0.6 is 23.2 Å². The number of benzene rings is 2. The lowest BCUT2D eigenvalue weighted by Gasteiger charge is -2.32. The molecular weight excluding hydrogens is 407 g/mol. The van der Waals surface area contributed by atoms with E-state index in [1.165, 1.54) is 6.07 Å². The molecule has 1 aliphatic rings. The Morgan fingerprint density at radius 1 is 1.07 bits per heavy atom. The number of nitrogens with one attached hydrogen (secondary N) is 2. The third kappa shape index (κ3) is 5.80. The summed E-state index contributed by atoms with van der Waals surface area (Å²) in [4.78, 5) is 14.3. The van der Waals surface area contributed by atoms with E-state index in [0.717, 1.165) is 43.1 Å². The molecule has 8 heteroatoms. The summed E-state index contributed by atoms with van der Waals surface area (Å²) in [6.45, 7) is 2.42. The van der Waals surface area contributed by atoms with E-state index < -0.39 is 11.6 Å². The molecule has 2 amide bonds. The number of carbonyl (C=O) groups excluding carboxylic acids is 1. The molecule has 0 aliphatic carbocycles. The summed E-state index contributed by atoms with van der Waals surface area (Å²) >= 11 is 12.0. The van der Waals surface area contributed by atoms with Gasteiger partial charge in [-0.2, -0.15) is 0 Å². The third-order valence-corrected chi connectivity index (χ3v) is 5.35. The van der Waals surface area contributed by atoms with Gasteiger partial charge in [-0.15, -0.1) is 0 Å². The predicted molar refractivity (Wildman–Crippen MR) is 106 cm³/mol. The molecule has 0 bridgehead atoms. The van der Waals surface area contributed by atoms with Crippen LogP contribution in [0.3, 0.4) is 0 Å². The summed E-state index contributed by atoms with van der Waals surface area (Å²) in [7, 11) is 0.